The van der Waals surface area contributed by atoms with Gasteiger partial charge in [0.05, 0.1) is 24.2 Å². The molecule has 1 aliphatic heterocycles. The third-order valence-corrected chi connectivity index (χ3v) is 8.98. The van der Waals surface area contributed by atoms with Gasteiger partial charge >= 0.3 is 0 Å². The average molecular weight is 422 g/mol. The van der Waals surface area contributed by atoms with Crippen molar-refractivity contribution in [2.45, 2.75) is 56.6 Å². The van der Waals surface area contributed by atoms with Crippen molar-refractivity contribution in [2.75, 3.05) is 39.0 Å². The number of hydrogen-bond acceptors (Lipinski definition) is 4. The number of hydrogen-bond donors (Lipinski definition) is 1. The molecule has 7 heteroatoms. The molecule has 29 heavy (non-hydrogen) atoms. The van der Waals surface area contributed by atoms with Gasteiger partial charge in [-0.25, -0.2) is 8.42 Å². The SMILES string of the molecule is CCNC(=NCC1(c2ccccc2OC)CCCC1)N1CCS(=O)(=O)C(C)(C)C1. The summed E-state index contributed by atoms with van der Waals surface area (Å²) < 4.78 is 29.7. The Bertz CT molecular complexity index is 843. The molecule has 1 saturated carbocycles. The molecule has 1 aromatic carbocycles. The van der Waals surface area contributed by atoms with E-state index in [0.717, 1.165) is 31.1 Å². The van der Waals surface area contributed by atoms with E-state index in [1.807, 2.05) is 32.9 Å². The number of sulfone groups is 1. The highest BCUT2D eigenvalue weighted by Crippen LogP contribution is 2.45. The summed E-state index contributed by atoms with van der Waals surface area (Å²) in [7, 11) is -1.35. The number of nitrogens with zero attached hydrogens (tertiary/aromatic N) is 2. The first-order valence-corrected chi connectivity index (χ1v) is 12.3. The molecule has 3 rings (SSSR count). The van der Waals surface area contributed by atoms with Crippen LogP contribution in [0.2, 0.25) is 0 Å². The van der Waals surface area contributed by atoms with Crippen molar-refractivity contribution in [3.05, 3.63) is 29.8 Å². The molecule has 0 bridgehead atoms. The van der Waals surface area contributed by atoms with Crippen molar-refractivity contribution in [1.29, 1.82) is 0 Å². The largest absolute Gasteiger partial charge is 0.496 e. The zero-order chi connectivity index (χ0) is 21.1. The van der Waals surface area contributed by atoms with Gasteiger partial charge in [0.25, 0.3) is 0 Å². The number of rotatable bonds is 5. The first-order valence-electron chi connectivity index (χ1n) is 10.6. The number of methoxy groups -OCH3 is 1. The lowest BCUT2D eigenvalue weighted by molar-refractivity contribution is 0.348. The molecule has 2 fully saturated rings. The van der Waals surface area contributed by atoms with Crippen LogP contribution < -0.4 is 10.1 Å². The maximum absolute atomic E-state index is 12.4. The summed E-state index contributed by atoms with van der Waals surface area (Å²) in [5, 5.41) is 3.39. The highest BCUT2D eigenvalue weighted by molar-refractivity contribution is 7.92. The molecule has 0 spiro atoms. The van der Waals surface area contributed by atoms with Crippen LogP contribution in [-0.4, -0.2) is 63.1 Å². The third-order valence-electron chi connectivity index (χ3n) is 6.45. The lowest BCUT2D eigenvalue weighted by Crippen LogP contribution is -2.57. The van der Waals surface area contributed by atoms with Gasteiger partial charge in [-0.05, 0) is 39.7 Å². The Labute approximate surface area is 175 Å². The fourth-order valence-corrected chi connectivity index (χ4v) is 5.99. The fraction of sp³-hybridized carbons (Fsp3) is 0.682. The van der Waals surface area contributed by atoms with Crippen LogP contribution in [-0.2, 0) is 15.3 Å². The van der Waals surface area contributed by atoms with Crippen LogP contribution in [0.25, 0.3) is 0 Å². The van der Waals surface area contributed by atoms with Crippen LogP contribution in [0, 0.1) is 0 Å². The van der Waals surface area contributed by atoms with Crippen LogP contribution in [0.5, 0.6) is 5.75 Å². The maximum atomic E-state index is 12.4. The standard InChI is InChI=1S/C22H35N3O3S/c1-5-23-20(25-14-15-29(26,27)21(2,3)17-25)24-16-22(12-8-9-13-22)18-10-6-7-11-19(18)28-4/h6-7,10-11H,5,8-9,12-17H2,1-4H3,(H,23,24). The number of nitrogens with one attached hydrogen (secondary N) is 1. The molecule has 1 heterocycles. The molecule has 1 saturated heterocycles. The lowest BCUT2D eigenvalue weighted by Gasteiger charge is -2.39. The minimum absolute atomic E-state index is 0.0232. The van der Waals surface area contributed by atoms with Gasteiger partial charge in [0.1, 0.15) is 5.75 Å². The van der Waals surface area contributed by atoms with Crippen LogP contribution in [0.4, 0.5) is 0 Å². The fourth-order valence-electron chi connectivity index (χ4n) is 4.62. The van der Waals surface area contributed by atoms with Gasteiger partial charge in [0.2, 0.25) is 0 Å². The Morgan fingerprint density at radius 2 is 1.93 bits per heavy atom. The van der Waals surface area contributed by atoms with E-state index in [2.05, 4.69) is 22.3 Å². The van der Waals surface area contributed by atoms with Gasteiger partial charge in [-0.1, -0.05) is 31.0 Å². The van der Waals surface area contributed by atoms with Crippen molar-refractivity contribution in [1.82, 2.24) is 10.2 Å². The topological polar surface area (TPSA) is 71.0 Å². The molecule has 0 radical (unpaired) electrons. The minimum Gasteiger partial charge on any atom is -0.496 e. The molecule has 0 unspecified atom stereocenters. The molecule has 0 aromatic heterocycles. The second-order valence-electron chi connectivity index (χ2n) is 8.86. The third kappa shape index (κ3) is 4.39. The Morgan fingerprint density at radius 1 is 1.24 bits per heavy atom. The van der Waals surface area contributed by atoms with Crippen LogP contribution in [0.15, 0.2) is 29.3 Å². The average Bonchev–Trinajstić information content (AvgIpc) is 3.17. The van der Waals surface area contributed by atoms with Gasteiger partial charge in [-0.3, -0.25) is 4.99 Å². The Hall–Kier alpha value is -1.76. The monoisotopic (exact) mass is 421 g/mol. The van der Waals surface area contributed by atoms with Gasteiger partial charge in [0, 0.05) is 30.6 Å². The van der Waals surface area contributed by atoms with Crippen molar-refractivity contribution in [3.8, 4) is 5.75 Å². The zero-order valence-electron chi connectivity index (χ0n) is 18.2. The Kier molecular flexibility index (Phi) is 6.46. The van der Waals surface area contributed by atoms with Crippen molar-refractivity contribution < 1.29 is 13.2 Å². The number of para-hydroxylation sites is 1. The first-order chi connectivity index (χ1) is 13.7. The van der Waals surface area contributed by atoms with Crippen LogP contribution in [0.1, 0.15) is 52.0 Å². The molecule has 1 aromatic rings. The van der Waals surface area contributed by atoms with E-state index in [0.29, 0.717) is 19.6 Å². The van der Waals surface area contributed by atoms with E-state index in [1.54, 1.807) is 7.11 Å². The van der Waals surface area contributed by atoms with E-state index in [4.69, 9.17) is 9.73 Å². The molecule has 0 amide bonds. The molecule has 2 aliphatic rings. The van der Waals surface area contributed by atoms with E-state index >= 15 is 0 Å². The predicted molar refractivity (Wildman–Crippen MR) is 119 cm³/mol. The highest BCUT2D eigenvalue weighted by atomic mass is 32.2. The van der Waals surface area contributed by atoms with Crippen molar-refractivity contribution >= 4 is 15.8 Å². The second-order valence-corrected chi connectivity index (χ2v) is 11.6. The van der Waals surface area contributed by atoms with E-state index in [9.17, 15) is 8.42 Å². The highest BCUT2D eigenvalue weighted by Gasteiger charge is 2.42. The normalized spacial score (nSPS) is 23.0. The summed E-state index contributed by atoms with van der Waals surface area (Å²) in [6.07, 6.45) is 4.57. The zero-order valence-corrected chi connectivity index (χ0v) is 19.0. The van der Waals surface area contributed by atoms with Crippen molar-refractivity contribution in [3.63, 3.8) is 0 Å². The first kappa shape index (κ1) is 21.9. The summed E-state index contributed by atoms with van der Waals surface area (Å²) in [5.74, 6) is 1.92. The van der Waals surface area contributed by atoms with Crippen molar-refractivity contribution in [2.24, 2.45) is 4.99 Å². The number of aliphatic imine (C=N–C) groups is 1. The van der Waals surface area contributed by atoms with Gasteiger partial charge in [-0.2, -0.15) is 0 Å². The number of ether oxygens (including phenoxy) is 1. The molecule has 0 atom stereocenters. The van der Waals surface area contributed by atoms with E-state index < -0.39 is 14.6 Å². The van der Waals surface area contributed by atoms with Crippen LogP contribution >= 0.6 is 0 Å². The molecule has 6 nitrogen and oxygen atoms in total. The van der Waals surface area contributed by atoms with Crippen LogP contribution in [0.3, 0.4) is 0 Å². The summed E-state index contributed by atoms with van der Waals surface area (Å²) in [6, 6.07) is 8.28. The van der Waals surface area contributed by atoms with Gasteiger partial charge in [0.15, 0.2) is 15.8 Å². The quantitative estimate of drug-likeness (QED) is 0.585. The Balaban J connectivity index is 1.89. The van der Waals surface area contributed by atoms with Gasteiger partial charge < -0.3 is 15.0 Å². The molecular weight excluding hydrogens is 386 g/mol. The van der Waals surface area contributed by atoms with Gasteiger partial charge in [-0.15, -0.1) is 0 Å². The minimum atomic E-state index is -3.08. The summed E-state index contributed by atoms with van der Waals surface area (Å²) in [4.78, 5) is 7.14. The second kappa shape index (κ2) is 8.54. The molecule has 1 aliphatic carbocycles. The lowest BCUT2D eigenvalue weighted by atomic mass is 9.78. The van der Waals surface area contributed by atoms with E-state index in [1.165, 1.54) is 18.4 Å². The van der Waals surface area contributed by atoms with E-state index in [-0.39, 0.29) is 11.2 Å². The predicted octanol–water partition coefficient (Wildman–Crippen LogP) is 2.98. The smallest absolute Gasteiger partial charge is 0.194 e. The summed E-state index contributed by atoms with van der Waals surface area (Å²) in [5.41, 5.74) is 1.21. The maximum Gasteiger partial charge on any atom is 0.194 e. The molecular formula is C22H35N3O3S. The molecule has 162 valence electrons. The number of benzene rings is 1. The Morgan fingerprint density at radius 3 is 2.55 bits per heavy atom. The molecule has 1 N–H and O–H groups in total. The number of guanidine groups is 1. The summed E-state index contributed by atoms with van der Waals surface area (Å²) in [6.45, 7) is 8.05. The summed E-state index contributed by atoms with van der Waals surface area (Å²) >= 11 is 0.